The Morgan fingerprint density at radius 3 is 1.91 bits per heavy atom. The number of hydrogen-bond acceptors (Lipinski definition) is 11. The molecule has 16 heteroatoms. The van der Waals surface area contributed by atoms with Crippen molar-refractivity contribution in [2.24, 2.45) is 5.92 Å². The van der Waals surface area contributed by atoms with Gasteiger partial charge >= 0.3 is 27.6 Å². The zero-order valence-electron chi connectivity index (χ0n) is 33.5. The Morgan fingerprint density at radius 2 is 1.23 bits per heavy atom. The monoisotopic (exact) mass is 834 g/mol. The summed E-state index contributed by atoms with van der Waals surface area (Å²) in [5, 5.41) is 19.7. The molecule has 0 heterocycles. The van der Waals surface area contributed by atoms with Gasteiger partial charge in [-0.1, -0.05) is 132 Å². The molecule has 0 aromatic rings. The molecule has 14 nitrogen and oxygen atoms in total. The summed E-state index contributed by atoms with van der Waals surface area (Å²) in [6.07, 6.45) is 31.3. The normalized spacial score (nSPS) is 15.6. The van der Waals surface area contributed by atoms with Gasteiger partial charge in [0.25, 0.3) is 0 Å². The van der Waals surface area contributed by atoms with Crippen LogP contribution in [0.2, 0.25) is 0 Å². The molecule has 0 amide bonds. The lowest BCUT2D eigenvalue weighted by atomic mass is 10.0. The molecule has 0 saturated heterocycles. The van der Waals surface area contributed by atoms with Gasteiger partial charge in [-0.2, -0.15) is 0 Å². The first-order valence-corrected chi connectivity index (χ1v) is 22.6. The lowest BCUT2D eigenvalue weighted by Crippen LogP contribution is -2.29. The fourth-order valence-electron chi connectivity index (χ4n) is 4.64. The van der Waals surface area contributed by atoms with E-state index < -0.39 is 72.3 Å². The number of unbranched alkanes of at least 4 members (excludes halogenated alkanes) is 5. The number of carbonyl (C=O) groups excluding carboxylic acids is 2. The summed E-state index contributed by atoms with van der Waals surface area (Å²) in [5.41, 5.74) is 0. The zero-order valence-corrected chi connectivity index (χ0v) is 35.3. The van der Waals surface area contributed by atoms with E-state index >= 15 is 0 Å². The van der Waals surface area contributed by atoms with Crippen LogP contribution in [-0.4, -0.2) is 81.6 Å². The minimum Gasteiger partial charge on any atom is -0.462 e. The van der Waals surface area contributed by atoms with Crippen LogP contribution in [0.5, 0.6) is 0 Å². The molecule has 0 saturated carbocycles. The second-order valence-corrected chi connectivity index (χ2v) is 16.2. The molecule has 0 aliphatic carbocycles. The van der Waals surface area contributed by atoms with E-state index in [1.807, 2.05) is 54.7 Å². The Labute approximate surface area is 334 Å². The summed E-state index contributed by atoms with van der Waals surface area (Å²) in [6.45, 7) is 3.64. The second-order valence-electron chi connectivity index (χ2n) is 13.5. The molecule has 56 heavy (non-hydrogen) atoms. The highest BCUT2D eigenvalue weighted by atomic mass is 31.2. The quantitative estimate of drug-likeness (QED) is 0.0134. The second kappa shape index (κ2) is 34.6. The highest BCUT2D eigenvalue weighted by Crippen LogP contribution is 2.43. The van der Waals surface area contributed by atoms with Gasteiger partial charge in [0.05, 0.1) is 25.9 Å². The zero-order chi connectivity index (χ0) is 41.9. The molecule has 0 aromatic heterocycles. The maximum absolute atomic E-state index is 12.6. The van der Waals surface area contributed by atoms with Gasteiger partial charge < -0.3 is 34.4 Å². The number of ether oxygens (including phenoxy) is 2. The van der Waals surface area contributed by atoms with Crippen molar-refractivity contribution in [2.45, 2.75) is 135 Å². The van der Waals surface area contributed by atoms with Crippen molar-refractivity contribution < 1.29 is 66.7 Å². The topological polar surface area (TPSA) is 216 Å². The third-order valence-corrected chi connectivity index (χ3v) is 9.06. The summed E-state index contributed by atoms with van der Waals surface area (Å²) in [7, 11) is -9.71. The number of esters is 2. The van der Waals surface area contributed by atoms with E-state index in [1.54, 1.807) is 6.08 Å². The molecular formula is C40H68O14P2. The van der Waals surface area contributed by atoms with Gasteiger partial charge in [-0.05, 0) is 50.9 Å². The third kappa shape index (κ3) is 38.4. The van der Waals surface area contributed by atoms with Gasteiger partial charge in [0.1, 0.15) is 12.7 Å². The number of carbonyl (C=O) groups is 2. The number of aliphatic hydroxyl groups excluding tert-OH is 2. The van der Waals surface area contributed by atoms with Crippen molar-refractivity contribution in [2.75, 3.05) is 26.4 Å². The average molecular weight is 835 g/mol. The van der Waals surface area contributed by atoms with Crippen molar-refractivity contribution in [3.63, 3.8) is 0 Å². The molecule has 0 bridgehead atoms. The number of rotatable bonds is 35. The Hall–Kier alpha value is -2.48. The molecule has 0 aromatic carbocycles. The summed E-state index contributed by atoms with van der Waals surface area (Å²) in [4.78, 5) is 52.4. The van der Waals surface area contributed by atoms with Crippen LogP contribution >= 0.6 is 15.6 Å². The number of phosphoric ester groups is 2. The van der Waals surface area contributed by atoms with Gasteiger partial charge in [0.2, 0.25) is 0 Å². The number of aliphatic hydroxyl groups is 2. The maximum Gasteiger partial charge on any atom is 0.472 e. The number of phosphoric acid groups is 2. The fraction of sp³-hybridized carbons (Fsp3) is 0.650. The predicted molar refractivity (Wildman–Crippen MR) is 217 cm³/mol. The van der Waals surface area contributed by atoms with Crippen LogP contribution < -0.4 is 0 Å². The summed E-state index contributed by atoms with van der Waals surface area (Å²) >= 11 is 0. The van der Waals surface area contributed by atoms with Crippen LogP contribution in [0.4, 0.5) is 0 Å². The highest BCUT2D eigenvalue weighted by Gasteiger charge is 2.28. The van der Waals surface area contributed by atoms with Gasteiger partial charge in [-0.3, -0.25) is 23.2 Å². The largest absolute Gasteiger partial charge is 0.472 e. The van der Waals surface area contributed by atoms with E-state index in [4.69, 9.17) is 23.8 Å². The number of allylic oxidation sites excluding steroid dienone is 10. The van der Waals surface area contributed by atoms with E-state index in [0.29, 0.717) is 38.0 Å². The van der Waals surface area contributed by atoms with Crippen LogP contribution in [0.25, 0.3) is 0 Å². The Morgan fingerprint density at radius 1 is 0.643 bits per heavy atom. The van der Waals surface area contributed by atoms with Gasteiger partial charge in [0, 0.05) is 12.8 Å². The van der Waals surface area contributed by atoms with E-state index in [9.17, 15) is 33.8 Å². The van der Waals surface area contributed by atoms with E-state index in [2.05, 4.69) is 42.0 Å². The summed E-state index contributed by atoms with van der Waals surface area (Å²) < 4.78 is 47.4. The Kier molecular flexibility index (Phi) is 33.0. The molecule has 322 valence electrons. The van der Waals surface area contributed by atoms with Crippen LogP contribution in [0.3, 0.4) is 0 Å². The molecule has 0 rings (SSSR count). The van der Waals surface area contributed by atoms with Gasteiger partial charge in [0.15, 0.2) is 6.10 Å². The van der Waals surface area contributed by atoms with Crippen molar-refractivity contribution in [3.8, 4) is 0 Å². The molecule has 4 atom stereocenters. The van der Waals surface area contributed by atoms with Crippen molar-refractivity contribution in [1.29, 1.82) is 0 Å². The highest BCUT2D eigenvalue weighted by molar-refractivity contribution is 7.47. The first-order chi connectivity index (χ1) is 26.6. The molecule has 0 spiro atoms. The third-order valence-electron chi connectivity index (χ3n) is 7.62. The van der Waals surface area contributed by atoms with Crippen molar-refractivity contribution in [3.05, 3.63) is 72.9 Å². The summed E-state index contributed by atoms with van der Waals surface area (Å²) in [6, 6.07) is 0. The van der Waals surface area contributed by atoms with Gasteiger partial charge in [-0.25, -0.2) is 9.13 Å². The molecule has 0 radical (unpaired) electrons. The maximum atomic E-state index is 12.6. The molecule has 2 unspecified atom stereocenters. The van der Waals surface area contributed by atoms with Crippen LogP contribution in [0, 0.1) is 5.92 Å². The van der Waals surface area contributed by atoms with Gasteiger partial charge in [-0.15, -0.1) is 0 Å². The lowest BCUT2D eigenvalue weighted by Gasteiger charge is -2.20. The molecule has 0 aliphatic rings. The number of hydrogen-bond donors (Lipinski definition) is 5. The first-order valence-electron chi connectivity index (χ1n) is 19.6. The Balaban J connectivity index is 4.75. The van der Waals surface area contributed by atoms with E-state index in [1.165, 1.54) is 12.8 Å². The SMILES string of the molecule is CC/C=C\C/C=C\CC(O)/C=C/C=C\C/C=C\C/C=C\CCC(=O)O[C@H](COC(=O)CCCCCCCCC(C)C)COP(=O)(O)OC[C@@H](O)COP(=O)(O)O. The van der Waals surface area contributed by atoms with Crippen LogP contribution in [0.1, 0.15) is 117 Å². The standard InChI is InChI=1S/C40H68O14P2/c1-4-5-6-7-17-22-27-36(41)28-23-18-12-10-8-9-11-13-20-25-30-40(44)54-38(33-50-39(43)29-24-19-15-14-16-21-26-35(2)3)34-53-56(48,49)52-32-37(42)31-51-55(45,46)47/h5-6,8-9,12-13,17-18,20,22-23,28,35-38,41-42H,4,7,10-11,14-16,19,21,24-27,29-34H2,1-3H3,(H,48,49)(H2,45,46,47)/b6-5-,9-8-,18-12-,20-13-,22-17-,28-23+/t36?,37-,38+/m0/s1. The minimum atomic E-state index is -4.88. The smallest absolute Gasteiger partial charge is 0.462 e. The Bertz CT molecular complexity index is 1300. The van der Waals surface area contributed by atoms with Crippen molar-refractivity contribution in [1.82, 2.24) is 0 Å². The fourth-order valence-corrected chi connectivity index (χ4v) is 5.80. The molecule has 5 N–H and O–H groups in total. The molecule has 0 aliphatic heterocycles. The van der Waals surface area contributed by atoms with E-state index in [0.717, 1.165) is 38.5 Å². The molecule has 0 fully saturated rings. The van der Waals surface area contributed by atoms with Crippen LogP contribution in [0.15, 0.2) is 72.9 Å². The van der Waals surface area contributed by atoms with Crippen molar-refractivity contribution >= 4 is 27.6 Å². The summed E-state index contributed by atoms with van der Waals surface area (Å²) in [5.74, 6) is -0.485. The first kappa shape index (κ1) is 53.5. The van der Waals surface area contributed by atoms with E-state index in [-0.39, 0.29) is 12.8 Å². The average Bonchev–Trinajstić information content (AvgIpc) is 3.13. The predicted octanol–water partition coefficient (Wildman–Crippen LogP) is 8.27. The minimum absolute atomic E-state index is 0.0203. The van der Waals surface area contributed by atoms with Crippen LogP contribution in [-0.2, 0) is 41.8 Å². The molecular weight excluding hydrogens is 766 g/mol. The lowest BCUT2D eigenvalue weighted by molar-refractivity contribution is -0.161.